The van der Waals surface area contributed by atoms with Gasteiger partial charge in [0.2, 0.25) is 5.91 Å². The van der Waals surface area contributed by atoms with Crippen LogP contribution in [0.5, 0.6) is 5.75 Å². The van der Waals surface area contributed by atoms with Gasteiger partial charge in [-0.2, -0.15) is 26.4 Å². The lowest BCUT2D eigenvalue weighted by Crippen LogP contribution is -2.35. The molecule has 1 aliphatic rings. The number of nitrogens with zero attached hydrogens (tertiary/aromatic N) is 3. The summed E-state index contributed by atoms with van der Waals surface area (Å²) in [6.07, 6.45) is 1.30. The summed E-state index contributed by atoms with van der Waals surface area (Å²) in [6.45, 7) is -2.85. The molecule has 3 aromatic rings. The van der Waals surface area contributed by atoms with Crippen molar-refractivity contribution in [1.82, 2.24) is 14.1 Å². The van der Waals surface area contributed by atoms with E-state index in [-0.39, 0.29) is 23.7 Å². The van der Waals surface area contributed by atoms with Crippen molar-refractivity contribution in [2.75, 3.05) is 0 Å². The van der Waals surface area contributed by atoms with Crippen molar-refractivity contribution in [3.05, 3.63) is 77.4 Å². The highest BCUT2D eigenvalue weighted by atomic mass is 32.2. The maximum Gasteiger partial charge on any atom is 0.387 e. The van der Waals surface area contributed by atoms with Crippen LogP contribution in [0, 0.1) is 5.82 Å². The maximum atomic E-state index is 13.1. The molecule has 8 nitrogen and oxygen atoms in total. The third-order valence-electron chi connectivity index (χ3n) is 4.96. The molecule has 1 aromatic heterocycles. The standard InChI is InChI=1S/C20H17F3N4O4S/c21-14-3-1-12(2-4-14)18(24)19(28)26-9-13-10-27(25-17(13)11-26)32(29,30)16-7-5-15(6-8-16)31-20(22)23/h1-8,10,18,20H,9,11,24H2. The minimum absolute atomic E-state index is 0.0622. The van der Waals surface area contributed by atoms with Crippen LogP contribution in [0.15, 0.2) is 59.6 Å². The smallest absolute Gasteiger partial charge is 0.387 e. The summed E-state index contributed by atoms with van der Waals surface area (Å²) < 4.78 is 68.2. The molecule has 168 valence electrons. The minimum Gasteiger partial charge on any atom is -0.435 e. The fraction of sp³-hybridized carbons (Fsp3) is 0.200. The maximum absolute atomic E-state index is 13.1. The Balaban J connectivity index is 1.48. The Bertz CT molecular complexity index is 1220. The first-order valence-corrected chi connectivity index (χ1v) is 10.8. The minimum atomic E-state index is -4.06. The largest absolute Gasteiger partial charge is 0.435 e. The van der Waals surface area contributed by atoms with E-state index in [4.69, 9.17) is 5.73 Å². The van der Waals surface area contributed by atoms with Crippen molar-refractivity contribution in [3.8, 4) is 5.75 Å². The first-order chi connectivity index (χ1) is 15.1. The molecule has 1 amide bonds. The van der Waals surface area contributed by atoms with Crippen molar-refractivity contribution in [3.63, 3.8) is 0 Å². The molecule has 2 N–H and O–H groups in total. The van der Waals surface area contributed by atoms with Crippen LogP contribution in [-0.4, -0.2) is 35.0 Å². The Kier molecular flexibility index (Phi) is 5.65. The van der Waals surface area contributed by atoms with Gasteiger partial charge < -0.3 is 15.4 Å². The van der Waals surface area contributed by atoms with Gasteiger partial charge >= 0.3 is 6.61 Å². The summed E-state index contributed by atoms with van der Waals surface area (Å²) >= 11 is 0. The number of benzene rings is 2. The van der Waals surface area contributed by atoms with E-state index in [0.29, 0.717) is 16.8 Å². The highest BCUT2D eigenvalue weighted by Gasteiger charge is 2.32. The number of ether oxygens (including phenoxy) is 1. The third-order valence-corrected chi connectivity index (χ3v) is 6.51. The van der Waals surface area contributed by atoms with Crippen LogP contribution >= 0.6 is 0 Å². The number of alkyl halides is 2. The van der Waals surface area contributed by atoms with Crippen LogP contribution in [0.3, 0.4) is 0 Å². The quantitative estimate of drug-likeness (QED) is 0.598. The second-order valence-electron chi connectivity index (χ2n) is 7.05. The predicted octanol–water partition coefficient (Wildman–Crippen LogP) is 2.40. The molecule has 0 spiro atoms. The number of aromatic nitrogens is 2. The van der Waals surface area contributed by atoms with Crippen molar-refractivity contribution in [2.45, 2.75) is 30.6 Å². The second-order valence-corrected chi connectivity index (χ2v) is 8.85. The van der Waals surface area contributed by atoms with Crippen LogP contribution in [0.4, 0.5) is 13.2 Å². The average Bonchev–Trinajstić information content (AvgIpc) is 3.33. The van der Waals surface area contributed by atoms with Crippen LogP contribution in [0.2, 0.25) is 0 Å². The SMILES string of the molecule is NC(C(=O)N1Cc2cn(S(=O)(=O)c3ccc(OC(F)F)cc3)nc2C1)c1ccc(F)cc1. The number of hydrogen-bond acceptors (Lipinski definition) is 6. The molecule has 32 heavy (non-hydrogen) atoms. The van der Waals surface area contributed by atoms with E-state index in [0.717, 1.165) is 28.4 Å². The Hall–Kier alpha value is -3.38. The van der Waals surface area contributed by atoms with Crippen LogP contribution in [-0.2, 0) is 27.9 Å². The molecule has 2 heterocycles. The Morgan fingerprint density at radius 3 is 2.31 bits per heavy atom. The van der Waals surface area contributed by atoms with E-state index in [1.54, 1.807) is 0 Å². The lowest BCUT2D eigenvalue weighted by molar-refractivity contribution is -0.133. The molecule has 1 atom stereocenters. The monoisotopic (exact) mass is 466 g/mol. The average molecular weight is 466 g/mol. The third kappa shape index (κ3) is 4.18. The van der Waals surface area contributed by atoms with E-state index >= 15 is 0 Å². The van der Waals surface area contributed by atoms with E-state index in [1.807, 2.05) is 0 Å². The van der Waals surface area contributed by atoms with Gasteiger partial charge in [0.05, 0.1) is 17.1 Å². The number of fused-ring (bicyclic) bond motifs is 1. The molecule has 0 aliphatic carbocycles. The number of rotatable bonds is 6. The summed E-state index contributed by atoms with van der Waals surface area (Å²) in [5, 5.41) is 4.08. The van der Waals surface area contributed by atoms with Crippen molar-refractivity contribution >= 4 is 15.9 Å². The topological polar surface area (TPSA) is 108 Å². The molecule has 0 radical (unpaired) electrons. The Morgan fingerprint density at radius 1 is 1.06 bits per heavy atom. The molecule has 1 aliphatic heterocycles. The Labute approximate surface area is 181 Å². The van der Waals surface area contributed by atoms with Crippen LogP contribution in [0.25, 0.3) is 0 Å². The number of carbonyl (C=O) groups is 1. The zero-order valence-electron chi connectivity index (χ0n) is 16.4. The van der Waals surface area contributed by atoms with Gasteiger partial charge in [0.25, 0.3) is 10.0 Å². The number of hydrogen-bond donors (Lipinski definition) is 1. The van der Waals surface area contributed by atoms with Crippen LogP contribution in [0.1, 0.15) is 22.9 Å². The highest BCUT2D eigenvalue weighted by Crippen LogP contribution is 2.27. The van der Waals surface area contributed by atoms with Crippen molar-refractivity contribution in [2.24, 2.45) is 5.73 Å². The fourth-order valence-electron chi connectivity index (χ4n) is 3.32. The summed E-state index contributed by atoms with van der Waals surface area (Å²) in [4.78, 5) is 14.0. The summed E-state index contributed by atoms with van der Waals surface area (Å²) in [6, 6.07) is 8.79. The molecule has 4 rings (SSSR count). The Morgan fingerprint density at radius 2 is 1.72 bits per heavy atom. The van der Waals surface area contributed by atoms with Crippen LogP contribution < -0.4 is 10.5 Å². The molecular formula is C20H17F3N4O4S. The number of carbonyl (C=O) groups excluding carboxylic acids is 1. The molecule has 1 unspecified atom stereocenters. The first kappa shape index (κ1) is 21.8. The summed E-state index contributed by atoms with van der Waals surface area (Å²) in [5.74, 6) is -1.02. The van der Waals surface area contributed by atoms with Crippen molar-refractivity contribution < 1.29 is 31.1 Å². The van der Waals surface area contributed by atoms with Gasteiger partial charge in [-0.3, -0.25) is 4.79 Å². The van der Waals surface area contributed by atoms with Gasteiger partial charge in [0, 0.05) is 18.3 Å². The summed E-state index contributed by atoms with van der Waals surface area (Å²) in [7, 11) is -4.06. The van der Waals surface area contributed by atoms with E-state index in [9.17, 15) is 26.4 Å². The summed E-state index contributed by atoms with van der Waals surface area (Å²) in [5.41, 5.74) is 7.38. The van der Waals surface area contributed by atoms with Gasteiger partial charge in [-0.1, -0.05) is 12.1 Å². The zero-order valence-corrected chi connectivity index (χ0v) is 17.2. The number of amides is 1. The normalized spacial score (nSPS) is 14.5. The number of halogens is 3. The van der Waals surface area contributed by atoms with E-state index in [2.05, 4.69) is 9.84 Å². The van der Waals surface area contributed by atoms with Gasteiger partial charge in [0.1, 0.15) is 17.6 Å². The lowest BCUT2D eigenvalue weighted by Gasteiger charge is -2.20. The molecule has 0 saturated heterocycles. The van der Waals surface area contributed by atoms with Gasteiger partial charge in [0.15, 0.2) is 0 Å². The van der Waals surface area contributed by atoms with E-state index in [1.165, 1.54) is 35.4 Å². The number of nitrogens with two attached hydrogens (primary N) is 1. The van der Waals surface area contributed by atoms with Gasteiger partial charge in [-0.05, 0) is 42.0 Å². The molecule has 0 fully saturated rings. The fourth-order valence-corrected chi connectivity index (χ4v) is 4.48. The molecule has 12 heteroatoms. The van der Waals surface area contributed by atoms with Gasteiger partial charge in [-0.25, -0.2) is 4.39 Å². The highest BCUT2D eigenvalue weighted by molar-refractivity contribution is 7.89. The molecule has 2 aromatic carbocycles. The molecule has 0 bridgehead atoms. The van der Waals surface area contributed by atoms with Gasteiger partial charge in [-0.15, -0.1) is 0 Å². The van der Waals surface area contributed by atoms with E-state index < -0.39 is 34.4 Å². The predicted molar refractivity (Wildman–Crippen MR) is 105 cm³/mol. The first-order valence-electron chi connectivity index (χ1n) is 9.33. The lowest BCUT2D eigenvalue weighted by atomic mass is 10.1. The molecule has 0 saturated carbocycles. The zero-order chi connectivity index (χ0) is 23.0. The second kappa shape index (κ2) is 8.28. The van der Waals surface area contributed by atoms with Crippen molar-refractivity contribution in [1.29, 1.82) is 0 Å². The molecular weight excluding hydrogens is 449 g/mol.